The maximum absolute atomic E-state index is 9.55. The van der Waals surface area contributed by atoms with E-state index in [4.69, 9.17) is 9.47 Å². The molecule has 0 aliphatic carbocycles. The number of hydrogen-bond donors (Lipinski definition) is 3. The molecule has 0 amide bonds. The van der Waals surface area contributed by atoms with Crippen LogP contribution in [0.15, 0.2) is 18.2 Å². The third-order valence-electron chi connectivity index (χ3n) is 2.39. The highest BCUT2D eigenvalue weighted by Crippen LogP contribution is 2.26. The van der Waals surface area contributed by atoms with Gasteiger partial charge >= 0.3 is 0 Å². The first kappa shape index (κ1) is 14.8. The smallest absolute Gasteiger partial charge is 0.161 e. The zero-order valence-electron chi connectivity index (χ0n) is 10.8. The number of methoxy groups -OCH3 is 1. The molecule has 1 rings (SSSR count). The van der Waals surface area contributed by atoms with Gasteiger partial charge in [-0.1, -0.05) is 6.07 Å². The van der Waals surface area contributed by atoms with Crippen LogP contribution in [0, 0.1) is 0 Å². The summed E-state index contributed by atoms with van der Waals surface area (Å²) in [5.41, 5.74) is 0.987. The third-order valence-corrected chi connectivity index (χ3v) is 2.39. The summed E-state index contributed by atoms with van der Waals surface area (Å²) in [5.74, 6) is 0.620. The van der Waals surface area contributed by atoms with E-state index in [9.17, 15) is 10.2 Å². The van der Waals surface area contributed by atoms with Gasteiger partial charge in [0.25, 0.3) is 0 Å². The van der Waals surface area contributed by atoms with E-state index in [1.54, 1.807) is 19.2 Å². The number of hydrogen-bond acceptors (Lipinski definition) is 5. The summed E-state index contributed by atoms with van der Waals surface area (Å²) >= 11 is 0. The summed E-state index contributed by atoms with van der Waals surface area (Å²) in [6.07, 6.45) is -0.515. The number of aromatic hydroxyl groups is 1. The topological polar surface area (TPSA) is 71.0 Å². The summed E-state index contributed by atoms with van der Waals surface area (Å²) < 4.78 is 10.1. The Morgan fingerprint density at radius 1 is 1.39 bits per heavy atom. The number of phenols is 1. The zero-order chi connectivity index (χ0) is 13.4. The van der Waals surface area contributed by atoms with Crippen molar-refractivity contribution in [2.24, 2.45) is 0 Å². The van der Waals surface area contributed by atoms with Gasteiger partial charge in [0, 0.05) is 20.2 Å². The van der Waals surface area contributed by atoms with Gasteiger partial charge in [0.05, 0.1) is 19.3 Å². The van der Waals surface area contributed by atoms with Crippen LogP contribution in [-0.4, -0.2) is 43.2 Å². The summed E-state index contributed by atoms with van der Waals surface area (Å²) in [6, 6.07) is 5.20. The van der Waals surface area contributed by atoms with E-state index < -0.39 is 6.10 Å². The average Bonchev–Trinajstić information content (AvgIpc) is 2.34. The standard InChI is InChI=1S/C13H21NO4/c1-3-18-13-6-10(4-5-12(13)16)7-14-8-11(15)9-17-2/h4-6,11,14-16H,3,7-9H2,1-2H3. The lowest BCUT2D eigenvalue weighted by atomic mass is 10.2. The maximum Gasteiger partial charge on any atom is 0.161 e. The highest BCUT2D eigenvalue weighted by molar-refractivity contribution is 5.41. The molecule has 1 aromatic carbocycles. The number of aliphatic hydroxyl groups is 1. The molecule has 0 heterocycles. The molecule has 0 aliphatic rings. The lowest BCUT2D eigenvalue weighted by molar-refractivity contribution is 0.0644. The van der Waals surface area contributed by atoms with Gasteiger partial charge < -0.3 is 25.0 Å². The number of rotatable bonds is 8. The Morgan fingerprint density at radius 3 is 2.83 bits per heavy atom. The molecule has 1 atom stereocenters. The van der Waals surface area contributed by atoms with Gasteiger partial charge in [0.15, 0.2) is 11.5 Å². The SMILES string of the molecule is CCOc1cc(CNCC(O)COC)ccc1O. The molecule has 0 bridgehead atoms. The minimum atomic E-state index is -0.515. The Kier molecular flexibility index (Phi) is 6.49. The molecule has 0 aliphatic heterocycles. The van der Waals surface area contributed by atoms with E-state index in [0.717, 1.165) is 5.56 Å². The summed E-state index contributed by atoms with van der Waals surface area (Å²) in [4.78, 5) is 0. The average molecular weight is 255 g/mol. The Hall–Kier alpha value is -1.30. The van der Waals surface area contributed by atoms with Crippen LogP contribution < -0.4 is 10.1 Å². The van der Waals surface area contributed by atoms with Gasteiger partial charge in [0.2, 0.25) is 0 Å². The van der Waals surface area contributed by atoms with Crippen molar-refractivity contribution in [2.75, 3.05) is 26.9 Å². The summed E-state index contributed by atoms with van der Waals surface area (Å²) in [6.45, 7) is 3.75. The van der Waals surface area contributed by atoms with E-state index in [-0.39, 0.29) is 5.75 Å². The normalized spacial score (nSPS) is 12.4. The Balaban J connectivity index is 2.44. The van der Waals surface area contributed by atoms with Crippen molar-refractivity contribution in [2.45, 2.75) is 19.6 Å². The predicted octanol–water partition coefficient (Wildman–Crippen LogP) is 0.888. The minimum Gasteiger partial charge on any atom is -0.504 e. The highest BCUT2D eigenvalue weighted by Gasteiger charge is 2.05. The van der Waals surface area contributed by atoms with Crippen molar-refractivity contribution in [1.82, 2.24) is 5.32 Å². The molecule has 5 heteroatoms. The van der Waals surface area contributed by atoms with Crippen LogP contribution in [-0.2, 0) is 11.3 Å². The van der Waals surface area contributed by atoms with Gasteiger partial charge in [-0.3, -0.25) is 0 Å². The zero-order valence-corrected chi connectivity index (χ0v) is 10.8. The number of nitrogens with one attached hydrogen (secondary N) is 1. The number of ether oxygens (including phenoxy) is 2. The Labute approximate surface area is 107 Å². The second-order valence-corrected chi connectivity index (χ2v) is 3.98. The molecular formula is C13H21NO4. The molecule has 5 nitrogen and oxygen atoms in total. The van der Waals surface area contributed by atoms with E-state index in [1.807, 2.05) is 13.0 Å². The third kappa shape index (κ3) is 4.91. The fourth-order valence-corrected chi connectivity index (χ4v) is 1.57. The van der Waals surface area contributed by atoms with E-state index in [1.165, 1.54) is 0 Å². The first-order chi connectivity index (χ1) is 8.67. The molecule has 0 saturated carbocycles. The van der Waals surface area contributed by atoms with Crippen LogP contribution in [0.25, 0.3) is 0 Å². The first-order valence-corrected chi connectivity index (χ1v) is 5.99. The van der Waals surface area contributed by atoms with Crippen LogP contribution in [0.2, 0.25) is 0 Å². The molecule has 3 N–H and O–H groups in total. The van der Waals surface area contributed by atoms with E-state index in [0.29, 0.717) is 32.1 Å². The largest absolute Gasteiger partial charge is 0.504 e. The number of phenolic OH excluding ortho intramolecular Hbond substituents is 1. The molecule has 1 aromatic rings. The monoisotopic (exact) mass is 255 g/mol. The molecule has 0 radical (unpaired) electrons. The molecule has 0 aromatic heterocycles. The molecule has 0 saturated heterocycles. The first-order valence-electron chi connectivity index (χ1n) is 5.99. The lowest BCUT2D eigenvalue weighted by Crippen LogP contribution is -2.29. The van der Waals surface area contributed by atoms with Crippen molar-refractivity contribution in [3.8, 4) is 11.5 Å². The summed E-state index contributed by atoms with van der Waals surface area (Å²) in [7, 11) is 1.55. The Morgan fingerprint density at radius 2 is 2.17 bits per heavy atom. The second-order valence-electron chi connectivity index (χ2n) is 3.98. The molecule has 0 fully saturated rings. The van der Waals surface area contributed by atoms with Gasteiger partial charge in [0.1, 0.15) is 0 Å². The van der Waals surface area contributed by atoms with Crippen molar-refractivity contribution < 1.29 is 19.7 Å². The van der Waals surface area contributed by atoms with Crippen LogP contribution in [0.1, 0.15) is 12.5 Å². The van der Waals surface area contributed by atoms with Crippen LogP contribution >= 0.6 is 0 Å². The highest BCUT2D eigenvalue weighted by atomic mass is 16.5. The molecule has 0 spiro atoms. The van der Waals surface area contributed by atoms with Gasteiger partial charge in [-0.25, -0.2) is 0 Å². The molecule has 1 unspecified atom stereocenters. The van der Waals surface area contributed by atoms with Crippen LogP contribution in [0.5, 0.6) is 11.5 Å². The Bertz CT molecular complexity index is 357. The number of aliphatic hydroxyl groups excluding tert-OH is 1. The van der Waals surface area contributed by atoms with Gasteiger partial charge in [-0.2, -0.15) is 0 Å². The fraction of sp³-hybridized carbons (Fsp3) is 0.538. The van der Waals surface area contributed by atoms with Crippen LogP contribution in [0.3, 0.4) is 0 Å². The van der Waals surface area contributed by atoms with Crippen LogP contribution in [0.4, 0.5) is 0 Å². The maximum atomic E-state index is 9.55. The van der Waals surface area contributed by atoms with Crippen molar-refractivity contribution in [3.63, 3.8) is 0 Å². The number of benzene rings is 1. The van der Waals surface area contributed by atoms with E-state index >= 15 is 0 Å². The van der Waals surface area contributed by atoms with E-state index in [2.05, 4.69) is 5.32 Å². The minimum absolute atomic E-state index is 0.139. The quantitative estimate of drug-likeness (QED) is 0.643. The molecule has 102 valence electrons. The lowest BCUT2D eigenvalue weighted by Gasteiger charge is -2.12. The molecule has 18 heavy (non-hydrogen) atoms. The summed E-state index contributed by atoms with van der Waals surface area (Å²) in [5, 5.41) is 22.1. The second kappa shape index (κ2) is 7.92. The predicted molar refractivity (Wildman–Crippen MR) is 68.9 cm³/mol. The van der Waals surface area contributed by atoms with Crippen molar-refractivity contribution >= 4 is 0 Å². The fourth-order valence-electron chi connectivity index (χ4n) is 1.57. The van der Waals surface area contributed by atoms with Gasteiger partial charge in [-0.15, -0.1) is 0 Å². The molecular weight excluding hydrogens is 234 g/mol. The van der Waals surface area contributed by atoms with Crippen molar-refractivity contribution in [1.29, 1.82) is 0 Å². The van der Waals surface area contributed by atoms with Gasteiger partial charge in [-0.05, 0) is 24.6 Å². The van der Waals surface area contributed by atoms with Crippen molar-refractivity contribution in [3.05, 3.63) is 23.8 Å².